The molecule has 1 saturated carbocycles. The van der Waals surface area contributed by atoms with Crippen LogP contribution in [0.5, 0.6) is 17.2 Å². The molecule has 0 aromatic carbocycles. The van der Waals surface area contributed by atoms with Gasteiger partial charge in [0.1, 0.15) is 59.5 Å². The van der Waals surface area contributed by atoms with Crippen LogP contribution < -0.4 is 57.7 Å². The summed E-state index contributed by atoms with van der Waals surface area (Å²) in [5.41, 5.74) is 11.8. The first-order chi connectivity index (χ1) is 59.8. The average Bonchev–Trinajstić information content (AvgIpc) is 1.61. The molecule has 126 heavy (non-hydrogen) atoms. The number of likely N-dealkylation sites (tertiary alicyclic amines) is 1. The lowest BCUT2D eigenvalue weighted by Crippen LogP contribution is -2.34. The fourth-order valence-electron chi connectivity index (χ4n) is 17.5. The van der Waals surface area contributed by atoms with Crippen molar-refractivity contribution in [3.63, 3.8) is 0 Å². The van der Waals surface area contributed by atoms with Gasteiger partial charge in [0.25, 0.3) is 45.9 Å². The van der Waals surface area contributed by atoms with Gasteiger partial charge in [0.2, 0.25) is 0 Å². The number of pyridine rings is 8. The summed E-state index contributed by atoms with van der Waals surface area (Å²) >= 11 is 0. The van der Waals surface area contributed by atoms with Crippen LogP contribution in [0.15, 0.2) is 117 Å². The Morgan fingerprint density at radius 3 is 1.02 bits per heavy atom. The molecule has 0 spiro atoms. The van der Waals surface area contributed by atoms with Gasteiger partial charge >= 0.3 is 0 Å². The fraction of sp³-hybridized carbons (Fsp3) is 0.429. The minimum atomic E-state index is -3.23. The first-order valence-electron chi connectivity index (χ1n) is 41.8. The fourth-order valence-corrected chi connectivity index (χ4v) is 19.6. The van der Waals surface area contributed by atoms with Crippen molar-refractivity contribution in [2.24, 2.45) is 5.92 Å². The molecule has 13 heterocycles. The Balaban J connectivity index is 0.000000163. The quantitative estimate of drug-likeness (QED) is 0.0226. The van der Waals surface area contributed by atoms with E-state index >= 15 is 0 Å². The van der Waals surface area contributed by atoms with E-state index in [1.54, 1.807) is 132 Å². The molecule has 12 aromatic rings. The second-order valence-electron chi connectivity index (χ2n) is 32.9. The van der Waals surface area contributed by atoms with E-state index in [2.05, 4.69) is 89.0 Å². The lowest BCUT2D eigenvalue weighted by molar-refractivity contribution is 0.0460. The number of piperidine rings is 1. The largest absolute Gasteiger partial charge is 0.496 e. The van der Waals surface area contributed by atoms with Gasteiger partial charge in [-0.2, -0.15) is 0 Å². The van der Waals surface area contributed by atoms with Crippen LogP contribution in [0, 0.1) is 68.2 Å². The number of carbonyl (C=O) groups excluding carboxylic acids is 4. The molecule has 2 aliphatic rings. The molecule has 12 aromatic heterocycles. The van der Waals surface area contributed by atoms with Gasteiger partial charge in [-0.3, -0.25) is 38.4 Å². The number of aryl methyl sites for hydroxylation is 5. The summed E-state index contributed by atoms with van der Waals surface area (Å²) in [6.45, 7) is 27.8. The molecule has 2 fully saturated rings. The van der Waals surface area contributed by atoms with Crippen molar-refractivity contribution in [2.45, 2.75) is 179 Å². The second kappa shape index (κ2) is 40.3. The smallest absolute Gasteiger partial charge is 0.256 e. The summed E-state index contributed by atoms with van der Waals surface area (Å²) in [7, 11) is -0.280. The summed E-state index contributed by atoms with van der Waals surface area (Å²) in [4.78, 5) is 134. The zero-order valence-corrected chi connectivity index (χ0v) is 76.6. The highest BCUT2D eigenvalue weighted by molar-refractivity contribution is 7.90. The van der Waals surface area contributed by atoms with Crippen molar-refractivity contribution >= 4 is 87.4 Å². The number of hydrogen-bond donors (Lipinski definition) is 8. The van der Waals surface area contributed by atoms with E-state index in [1.807, 2.05) is 58.0 Å². The number of sulfone groups is 2. The molecular formula is C91H115N17O16S2. The molecule has 672 valence electrons. The maximum atomic E-state index is 13.3. The number of nitrogens with one attached hydrogen (secondary N) is 8. The Labute approximate surface area is 731 Å². The summed E-state index contributed by atoms with van der Waals surface area (Å²) in [5, 5.41) is 14.3. The number of H-pyrrole nitrogens is 4. The number of aromatic nitrogens is 12. The minimum absolute atomic E-state index is 0.0249. The zero-order chi connectivity index (χ0) is 91.7. The standard InChI is InChI=1S/C25H33N5O2.C24H30N4O4.2C21H26N4O5S/c1-16-13-17(2)28-24(31)21(16)14-27-25(32)22-19(4)30(23-20(22)9-8-10-26-23)18(3)15-29-11-6-5-7-12-29;1-13-11-19(31-4)18(23(29)27-13)12-26-24(30)20-14(2)28(22-17(20)7-6-10-25-22)15(3)21(32-5)16-8-9-16;2*1-12-9-17(30-4)16(20(26)24-12)10-23-21(27)18-14(3)25(13(2)11-31(5,28)29)19-15(18)7-6-8-22-19/h8-10,13,18H,5-7,11-12,14-15H2,1-4H3,(H,27,32)(H,28,31);6-7,10-11,15-16,21H,8-9,12H2,1-5H3,(H,26,30)(H,27,29);2*6-9,13H,10-11H2,1-5H3,(H,23,27)(H,24,26). The van der Waals surface area contributed by atoms with Crippen LogP contribution in [0.1, 0.15) is 199 Å². The maximum Gasteiger partial charge on any atom is 0.256 e. The monoisotopic (exact) mass is 1770 g/mol. The number of nitrogens with zero attached hydrogens (tertiary/aromatic N) is 9. The Kier molecular flexibility index (Phi) is 30.2. The Morgan fingerprint density at radius 2 is 0.722 bits per heavy atom. The second-order valence-corrected chi connectivity index (χ2v) is 37.2. The van der Waals surface area contributed by atoms with Crippen molar-refractivity contribution in [2.75, 3.05) is 72.1 Å². The van der Waals surface area contributed by atoms with Crippen LogP contribution in [0.3, 0.4) is 0 Å². The van der Waals surface area contributed by atoms with Gasteiger partial charge in [0.15, 0.2) is 0 Å². The lowest BCUT2D eigenvalue weighted by Gasteiger charge is -2.30. The van der Waals surface area contributed by atoms with E-state index in [-0.39, 0.29) is 102 Å². The van der Waals surface area contributed by atoms with Gasteiger partial charge < -0.3 is 83.3 Å². The summed E-state index contributed by atoms with van der Waals surface area (Å²) in [6, 6.07) is 21.0. The number of carbonyl (C=O) groups is 4. The van der Waals surface area contributed by atoms with Crippen LogP contribution >= 0.6 is 0 Å². The topological polar surface area (TPSA) is 428 Å². The van der Waals surface area contributed by atoms with Crippen molar-refractivity contribution in [3.05, 3.63) is 235 Å². The highest BCUT2D eigenvalue weighted by Gasteiger charge is 2.38. The zero-order valence-electron chi connectivity index (χ0n) is 75.0. The predicted octanol–water partition coefficient (Wildman–Crippen LogP) is 10.7. The Morgan fingerprint density at radius 1 is 0.429 bits per heavy atom. The van der Waals surface area contributed by atoms with Crippen LogP contribution in [0.2, 0.25) is 0 Å². The third-order valence-corrected chi connectivity index (χ3v) is 25.3. The number of amides is 4. The Hall–Kier alpha value is -12.3. The summed E-state index contributed by atoms with van der Waals surface area (Å²) < 4.78 is 76.8. The number of aromatic amines is 4. The highest BCUT2D eigenvalue weighted by Crippen LogP contribution is 2.42. The predicted molar refractivity (Wildman–Crippen MR) is 486 cm³/mol. The molecular weight excluding hydrogens is 1650 g/mol. The maximum absolute atomic E-state index is 13.3. The average molecular weight is 1770 g/mol. The van der Waals surface area contributed by atoms with Gasteiger partial charge in [-0.1, -0.05) is 6.42 Å². The van der Waals surface area contributed by atoms with Crippen LogP contribution in [0.4, 0.5) is 0 Å². The Bertz CT molecular complexity index is 6380. The molecule has 14 rings (SSSR count). The van der Waals surface area contributed by atoms with Crippen LogP contribution in [-0.4, -0.2) is 182 Å². The normalized spacial score (nSPS) is 14.2. The van der Waals surface area contributed by atoms with E-state index in [0.717, 1.165) is 77.2 Å². The molecule has 0 radical (unpaired) electrons. The van der Waals surface area contributed by atoms with E-state index in [9.17, 15) is 55.2 Å². The first kappa shape index (κ1) is 94.3. The summed E-state index contributed by atoms with van der Waals surface area (Å²) in [5.74, 6) is 0.412. The number of methoxy groups -OCH3 is 4. The highest BCUT2D eigenvalue weighted by atomic mass is 32.2. The van der Waals surface area contributed by atoms with Gasteiger partial charge in [0.05, 0.1) is 104 Å². The van der Waals surface area contributed by atoms with Gasteiger partial charge in [0, 0.05) is 148 Å². The molecule has 35 heteroatoms. The molecule has 4 amide bonds. The lowest BCUT2D eigenvalue weighted by atomic mass is 10.1. The molecule has 5 unspecified atom stereocenters. The van der Waals surface area contributed by atoms with Gasteiger partial charge in [-0.05, 0) is 213 Å². The number of ether oxygens (including phenoxy) is 4. The van der Waals surface area contributed by atoms with Crippen molar-refractivity contribution in [1.82, 2.24) is 84.3 Å². The van der Waals surface area contributed by atoms with Gasteiger partial charge in [-0.25, -0.2) is 36.8 Å². The molecule has 1 aliphatic heterocycles. The summed E-state index contributed by atoms with van der Waals surface area (Å²) in [6.07, 6.45) is 15.3. The number of fused-ring (bicyclic) bond motifs is 4. The molecule has 8 N–H and O–H groups in total. The molecule has 1 aliphatic carbocycles. The number of hydrogen-bond acceptors (Lipinski definition) is 21. The van der Waals surface area contributed by atoms with Crippen LogP contribution in [0.25, 0.3) is 44.1 Å². The van der Waals surface area contributed by atoms with E-state index in [1.165, 1.54) is 53.1 Å². The molecule has 5 atom stereocenters. The van der Waals surface area contributed by atoms with Gasteiger partial charge in [-0.15, -0.1) is 0 Å². The molecule has 0 bridgehead atoms. The number of rotatable bonds is 28. The third-order valence-electron chi connectivity index (χ3n) is 23.1. The molecule has 1 saturated heterocycles. The van der Waals surface area contributed by atoms with E-state index in [0.29, 0.717) is 118 Å². The minimum Gasteiger partial charge on any atom is -0.496 e. The van der Waals surface area contributed by atoms with E-state index < -0.39 is 31.8 Å². The van der Waals surface area contributed by atoms with Crippen molar-refractivity contribution < 1.29 is 55.0 Å². The van der Waals surface area contributed by atoms with E-state index in [4.69, 9.17) is 18.9 Å². The molecule has 33 nitrogen and oxygen atoms in total. The van der Waals surface area contributed by atoms with Crippen LogP contribution in [-0.2, 0) is 50.6 Å². The third kappa shape index (κ3) is 21.4. The van der Waals surface area contributed by atoms with Crippen molar-refractivity contribution in [3.8, 4) is 17.2 Å². The first-order valence-corrected chi connectivity index (χ1v) is 46.0. The SMILES string of the molecule is COc1cc(C)[nH]c(=O)c1CNC(=O)c1c(C)n(C(C)C(OC)C2CC2)c2ncccc12.COc1cc(C)[nH]c(=O)c1CNC(=O)c1c(C)n(C(C)CS(C)(=O)=O)c2ncccc12.COc1cc(C)[nH]c(=O)c1CNC(=O)c1c(C)n(C(C)CS(C)(=O)=O)c2ncccc12.Cc1cc(C)c(CNC(=O)c2c(C)n(C(C)CN3CCCCC3)c3ncccc23)c(=O)[nH]1. The van der Waals surface area contributed by atoms with Crippen molar-refractivity contribution in [1.29, 1.82) is 0 Å².